The Bertz CT molecular complexity index is 1660. The smallest absolute Gasteiger partial charge is 0.135 e. The Labute approximate surface area is 229 Å². The van der Waals surface area contributed by atoms with Crippen molar-refractivity contribution in [3.05, 3.63) is 145 Å². The largest absolute Gasteiger partial charge is 0.492 e. The summed E-state index contributed by atoms with van der Waals surface area (Å²) in [7, 11) is 0. The highest BCUT2D eigenvalue weighted by Crippen LogP contribution is 2.44. The van der Waals surface area contributed by atoms with E-state index in [1.807, 2.05) is 48.5 Å². The third-order valence-corrected chi connectivity index (χ3v) is 6.84. The maximum Gasteiger partial charge on any atom is 0.135 e. The summed E-state index contributed by atoms with van der Waals surface area (Å²) in [5.74, 6) is 3.28. The Morgan fingerprint density at radius 3 is 1.41 bits per heavy atom. The van der Waals surface area contributed by atoms with Gasteiger partial charge in [0.05, 0.1) is 13.2 Å². The lowest BCUT2D eigenvalue weighted by Gasteiger charge is -2.19. The minimum atomic E-state index is 0.571. The van der Waals surface area contributed by atoms with E-state index >= 15 is 0 Å². The molecule has 0 aliphatic rings. The molecule has 6 rings (SSSR count). The summed E-state index contributed by atoms with van der Waals surface area (Å²) < 4.78 is 19.3. The second-order valence-corrected chi connectivity index (χ2v) is 9.49. The molecule has 39 heavy (non-hydrogen) atoms. The molecular formula is C36H30O3. The zero-order chi connectivity index (χ0) is 26.3. The molecule has 0 heterocycles. The molecule has 6 aromatic rings. The Morgan fingerprint density at radius 1 is 0.385 bits per heavy atom. The molecule has 0 radical (unpaired) electrons. The quantitative estimate of drug-likeness (QED) is 0.172. The fourth-order valence-corrected chi connectivity index (χ4v) is 4.91. The van der Waals surface area contributed by atoms with E-state index in [2.05, 4.69) is 84.9 Å². The van der Waals surface area contributed by atoms with Crippen LogP contribution in [0, 0.1) is 0 Å². The second kappa shape index (κ2) is 11.7. The summed E-state index contributed by atoms with van der Waals surface area (Å²) >= 11 is 0. The van der Waals surface area contributed by atoms with E-state index in [1.54, 1.807) is 0 Å². The van der Waals surface area contributed by atoms with Crippen LogP contribution in [0.4, 0.5) is 0 Å². The van der Waals surface area contributed by atoms with Crippen molar-refractivity contribution in [3.8, 4) is 23.0 Å². The van der Waals surface area contributed by atoms with Gasteiger partial charge in [-0.05, 0) is 41.5 Å². The molecule has 0 saturated heterocycles. The molecule has 0 spiro atoms. The van der Waals surface area contributed by atoms with Crippen LogP contribution in [0.1, 0.15) is 11.1 Å². The van der Waals surface area contributed by atoms with Crippen LogP contribution in [0.15, 0.2) is 133 Å². The standard InChI is InChI=1S/C36H30O3/c1-4-12-27(13-5-1)22-24-37-35-31-18-10-11-19-32(31)36(38-25-23-28-14-6-2-7-15-28)34-26-30(20-21-33(34)35)39-29-16-8-3-9-17-29/h1-21,26H,22-25H2. The van der Waals surface area contributed by atoms with Gasteiger partial charge in [-0.1, -0.05) is 103 Å². The normalized spacial score (nSPS) is 11.0. The minimum Gasteiger partial charge on any atom is -0.492 e. The number of ether oxygens (including phenoxy) is 3. The van der Waals surface area contributed by atoms with E-state index in [0.717, 1.165) is 57.4 Å². The molecule has 0 saturated carbocycles. The van der Waals surface area contributed by atoms with Crippen LogP contribution in [-0.4, -0.2) is 13.2 Å². The van der Waals surface area contributed by atoms with Gasteiger partial charge in [-0.15, -0.1) is 0 Å². The zero-order valence-corrected chi connectivity index (χ0v) is 21.8. The van der Waals surface area contributed by atoms with Gasteiger partial charge in [0.15, 0.2) is 0 Å². The van der Waals surface area contributed by atoms with Crippen LogP contribution in [0.2, 0.25) is 0 Å². The van der Waals surface area contributed by atoms with Crippen molar-refractivity contribution in [1.29, 1.82) is 0 Å². The molecule has 0 amide bonds. The van der Waals surface area contributed by atoms with Crippen LogP contribution in [0.25, 0.3) is 21.5 Å². The van der Waals surface area contributed by atoms with E-state index in [9.17, 15) is 0 Å². The fourth-order valence-electron chi connectivity index (χ4n) is 4.91. The van der Waals surface area contributed by atoms with Gasteiger partial charge in [0, 0.05) is 34.4 Å². The van der Waals surface area contributed by atoms with E-state index in [-0.39, 0.29) is 0 Å². The van der Waals surface area contributed by atoms with Crippen LogP contribution in [-0.2, 0) is 12.8 Å². The van der Waals surface area contributed by atoms with Crippen LogP contribution in [0.5, 0.6) is 23.0 Å². The maximum atomic E-state index is 6.56. The monoisotopic (exact) mass is 510 g/mol. The molecular weight excluding hydrogens is 480 g/mol. The van der Waals surface area contributed by atoms with Gasteiger partial charge in [0.25, 0.3) is 0 Å². The predicted molar refractivity (Wildman–Crippen MR) is 159 cm³/mol. The molecule has 0 bridgehead atoms. The van der Waals surface area contributed by atoms with Crippen molar-refractivity contribution >= 4 is 21.5 Å². The summed E-state index contributed by atoms with van der Waals surface area (Å²) in [6.45, 7) is 1.15. The molecule has 3 nitrogen and oxygen atoms in total. The number of benzene rings is 6. The Hall–Kier alpha value is -4.76. The van der Waals surface area contributed by atoms with Crippen molar-refractivity contribution < 1.29 is 14.2 Å². The van der Waals surface area contributed by atoms with Crippen molar-refractivity contribution in [2.24, 2.45) is 0 Å². The molecule has 6 aromatic carbocycles. The molecule has 0 unspecified atom stereocenters. The van der Waals surface area contributed by atoms with Crippen LogP contribution < -0.4 is 14.2 Å². The summed E-state index contributed by atoms with van der Waals surface area (Å²) in [6, 6.07) is 45.2. The Morgan fingerprint density at radius 2 is 0.846 bits per heavy atom. The second-order valence-electron chi connectivity index (χ2n) is 9.49. The number of hydrogen-bond donors (Lipinski definition) is 0. The van der Waals surface area contributed by atoms with Crippen LogP contribution in [0.3, 0.4) is 0 Å². The van der Waals surface area contributed by atoms with Crippen LogP contribution >= 0.6 is 0 Å². The highest BCUT2D eigenvalue weighted by molar-refractivity contribution is 6.11. The van der Waals surface area contributed by atoms with Gasteiger partial charge in [-0.25, -0.2) is 0 Å². The van der Waals surface area contributed by atoms with Crippen molar-refractivity contribution in [3.63, 3.8) is 0 Å². The topological polar surface area (TPSA) is 27.7 Å². The predicted octanol–water partition coefficient (Wildman–Crippen LogP) is 9.03. The summed E-state index contributed by atoms with van der Waals surface area (Å²) in [4.78, 5) is 0. The average molecular weight is 511 g/mol. The molecule has 0 atom stereocenters. The van der Waals surface area contributed by atoms with Gasteiger partial charge in [0.2, 0.25) is 0 Å². The Balaban J connectivity index is 1.39. The average Bonchev–Trinajstić information content (AvgIpc) is 3.00. The number of rotatable bonds is 10. The van der Waals surface area contributed by atoms with E-state index in [0.29, 0.717) is 13.2 Å². The minimum absolute atomic E-state index is 0.571. The van der Waals surface area contributed by atoms with E-state index in [4.69, 9.17) is 14.2 Å². The zero-order valence-electron chi connectivity index (χ0n) is 21.8. The Kier molecular flexibility index (Phi) is 7.40. The molecule has 0 fully saturated rings. The molecule has 0 aliphatic carbocycles. The van der Waals surface area contributed by atoms with Crippen molar-refractivity contribution in [2.75, 3.05) is 13.2 Å². The van der Waals surface area contributed by atoms with Gasteiger partial charge in [-0.2, -0.15) is 0 Å². The lowest BCUT2D eigenvalue weighted by Crippen LogP contribution is -2.05. The summed E-state index contributed by atoms with van der Waals surface area (Å²) in [5.41, 5.74) is 2.51. The third-order valence-electron chi connectivity index (χ3n) is 6.84. The molecule has 0 aromatic heterocycles. The highest BCUT2D eigenvalue weighted by atomic mass is 16.5. The van der Waals surface area contributed by atoms with E-state index in [1.165, 1.54) is 11.1 Å². The number of fused-ring (bicyclic) bond motifs is 2. The van der Waals surface area contributed by atoms with Gasteiger partial charge >= 0.3 is 0 Å². The van der Waals surface area contributed by atoms with E-state index < -0.39 is 0 Å². The first kappa shape index (κ1) is 24.6. The highest BCUT2D eigenvalue weighted by Gasteiger charge is 2.17. The summed E-state index contributed by atoms with van der Waals surface area (Å²) in [6.07, 6.45) is 1.66. The first-order valence-corrected chi connectivity index (χ1v) is 13.4. The maximum absolute atomic E-state index is 6.56. The van der Waals surface area contributed by atoms with Crippen molar-refractivity contribution in [1.82, 2.24) is 0 Å². The van der Waals surface area contributed by atoms with Gasteiger partial charge < -0.3 is 14.2 Å². The fraction of sp³-hybridized carbons (Fsp3) is 0.111. The molecule has 3 heteroatoms. The van der Waals surface area contributed by atoms with Crippen molar-refractivity contribution in [2.45, 2.75) is 12.8 Å². The first-order valence-electron chi connectivity index (χ1n) is 13.4. The number of hydrogen-bond acceptors (Lipinski definition) is 3. The first-order chi connectivity index (χ1) is 19.3. The molecule has 0 N–H and O–H groups in total. The molecule has 192 valence electrons. The summed E-state index contributed by atoms with van der Waals surface area (Å²) in [5, 5.41) is 4.07. The third kappa shape index (κ3) is 5.73. The SMILES string of the molecule is c1ccc(CCOc2c3ccccc3c(OCCc3ccccc3)c3cc(Oc4ccccc4)ccc23)cc1. The molecule has 0 aliphatic heterocycles. The lowest BCUT2D eigenvalue weighted by molar-refractivity contribution is 0.324. The number of para-hydroxylation sites is 1. The lowest BCUT2D eigenvalue weighted by atomic mass is 10.00. The van der Waals surface area contributed by atoms with Gasteiger partial charge in [-0.3, -0.25) is 0 Å². The van der Waals surface area contributed by atoms with Gasteiger partial charge in [0.1, 0.15) is 23.0 Å².